The van der Waals surface area contributed by atoms with Crippen LogP contribution in [0.5, 0.6) is 0 Å². The van der Waals surface area contributed by atoms with Crippen LogP contribution in [0.4, 0.5) is 0 Å². The van der Waals surface area contributed by atoms with E-state index in [0.29, 0.717) is 6.54 Å². The second-order valence-electron chi connectivity index (χ2n) is 5.49. The van der Waals surface area contributed by atoms with E-state index in [9.17, 15) is 5.11 Å². The van der Waals surface area contributed by atoms with Gasteiger partial charge in [-0.3, -0.25) is 0 Å². The molecule has 0 aliphatic carbocycles. The van der Waals surface area contributed by atoms with Crippen molar-refractivity contribution in [2.45, 2.75) is 37.8 Å². The normalized spacial score (nSPS) is 23.6. The molecule has 0 aromatic carbocycles. The molecule has 0 aromatic heterocycles. The number of piperidine rings is 1. The number of likely N-dealkylation sites (tertiary alicyclic amines) is 1. The summed E-state index contributed by atoms with van der Waals surface area (Å²) in [4.78, 5) is 4.75. The van der Waals surface area contributed by atoms with Crippen LogP contribution in [0.1, 0.15) is 26.2 Å². The lowest BCUT2D eigenvalue weighted by atomic mass is 10.00. The lowest BCUT2D eigenvalue weighted by molar-refractivity contribution is 0.0411. The molecule has 1 rings (SSSR count). The van der Waals surface area contributed by atoms with Crippen molar-refractivity contribution >= 4 is 0 Å². The van der Waals surface area contributed by atoms with E-state index in [-0.39, 0.29) is 0 Å². The van der Waals surface area contributed by atoms with E-state index in [4.69, 9.17) is 5.73 Å². The molecule has 1 saturated heterocycles. The lowest BCUT2D eigenvalue weighted by Crippen LogP contribution is -2.44. The van der Waals surface area contributed by atoms with Crippen molar-refractivity contribution in [1.29, 1.82) is 0 Å². The zero-order chi connectivity index (χ0) is 12.2. The van der Waals surface area contributed by atoms with Crippen LogP contribution >= 0.6 is 0 Å². The van der Waals surface area contributed by atoms with E-state index in [0.717, 1.165) is 32.1 Å². The SMILES string of the molecule is CN(C)C1CCN(CCC(C)(O)CN)CC1. The van der Waals surface area contributed by atoms with Crippen molar-refractivity contribution in [3.05, 3.63) is 0 Å². The van der Waals surface area contributed by atoms with Crippen LogP contribution in [0.2, 0.25) is 0 Å². The molecule has 96 valence electrons. The first-order valence-corrected chi connectivity index (χ1v) is 6.26. The number of hydrogen-bond acceptors (Lipinski definition) is 4. The molecular formula is C12H27N3O. The molecule has 3 N–H and O–H groups in total. The molecule has 1 heterocycles. The summed E-state index contributed by atoms with van der Waals surface area (Å²) in [5, 5.41) is 9.83. The number of hydrogen-bond donors (Lipinski definition) is 2. The fourth-order valence-electron chi connectivity index (χ4n) is 2.16. The van der Waals surface area contributed by atoms with Crippen LogP contribution < -0.4 is 5.73 Å². The number of aliphatic hydroxyl groups is 1. The van der Waals surface area contributed by atoms with Gasteiger partial charge in [-0.2, -0.15) is 0 Å². The molecule has 1 fully saturated rings. The Kier molecular flexibility index (Phi) is 5.18. The van der Waals surface area contributed by atoms with Crippen LogP contribution in [-0.4, -0.2) is 66.8 Å². The molecule has 0 amide bonds. The Bertz CT molecular complexity index is 198. The predicted octanol–water partition coefficient (Wildman–Crippen LogP) is 0.112. The Morgan fingerprint density at radius 2 is 1.94 bits per heavy atom. The Morgan fingerprint density at radius 1 is 1.38 bits per heavy atom. The van der Waals surface area contributed by atoms with Crippen molar-refractivity contribution in [2.75, 3.05) is 40.3 Å². The monoisotopic (exact) mass is 229 g/mol. The summed E-state index contributed by atoms with van der Waals surface area (Å²) >= 11 is 0. The predicted molar refractivity (Wildman–Crippen MR) is 67.4 cm³/mol. The quantitative estimate of drug-likeness (QED) is 0.703. The molecule has 1 unspecified atom stereocenters. The first-order valence-electron chi connectivity index (χ1n) is 6.26. The Labute approximate surface area is 99.4 Å². The molecule has 1 aliphatic rings. The maximum atomic E-state index is 9.83. The molecule has 0 saturated carbocycles. The average molecular weight is 229 g/mol. The van der Waals surface area contributed by atoms with Gasteiger partial charge in [-0.05, 0) is 53.4 Å². The molecule has 1 aliphatic heterocycles. The van der Waals surface area contributed by atoms with Crippen molar-refractivity contribution in [1.82, 2.24) is 9.80 Å². The Morgan fingerprint density at radius 3 is 2.38 bits per heavy atom. The number of nitrogens with two attached hydrogens (primary N) is 1. The van der Waals surface area contributed by atoms with Crippen LogP contribution in [-0.2, 0) is 0 Å². The maximum Gasteiger partial charge on any atom is 0.0753 e. The van der Waals surface area contributed by atoms with Gasteiger partial charge in [0.2, 0.25) is 0 Å². The number of rotatable bonds is 5. The highest BCUT2D eigenvalue weighted by Gasteiger charge is 2.23. The standard InChI is InChI=1S/C12H27N3O/c1-12(16,10-13)6-9-15-7-4-11(5-8-15)14(2)3/h11,16H,4-10,13H2,1-3H3. The van der Waals surface area contributed by atoms with Gasteiger partial charge in [0.15, 0.2) is 0 Å². The first kappa shape index (κ1) is 13.9. The molecular weight excluding hydrogens is 202 g/mol. The van der Waals surface area contributed by atoms with Crippen LogP contribution in [0.25, 0.3) is 0 Å². The summed E-state index contributed by atoms with van der Waals surface area (Å²) in [6, 6.07) is 0.728. The van der Waals surface area contributed by atoms with Crippen molar-refractivity contribution in [3.8, 4) is 0 Å². The van der Waals surface area contributed by atoms with Gasteiger partial charge in [0.1, 0.15) is 0 Å². The molecule has 0 aromatic rings. The second-order valence-corrected chi connectivity index (χ2v) is 5.49. The van der Waals surface area contributed by atoms with E-state index in [1.165, 1.54) is 12.8 Å². The van der Waals surface area contributed by atoms with E-state index in [1.807, 2.05) is 6.92 Å². The van der Waals surface area contributed by atoms with Crippen molar-refractivity contribution in [2.24, 2.45) is 5.73 Å². The van der Waals surface area contributed by atoms with E-state index >= 15 is 0 Å². The maximum absolute atomic E-state index is 9.83. The smallest absolute Gasteiger partial charge is 0.0753 e. The van der Waals surface area contributed by atoms with Gasteiger partial charge >= 0.3 is 0 Å². The molecule has 0 spiro atoms. The second kappa shape index (κ2) is 5.96. The average Bonchev–Trinajstić information content (AvgIpc) is 2.27. The summed E-state index contributed by atoms with van der Waals surface area (Å²) in [6.45, 7) is 5.41. The third-order valence-corrected chi connectivity index (χ3v) is 3.69. The Balaban J connectivity index is 2.22. The van der Waals surface area contributed by atoms with E-state index in [1.54, 1.807) is 0 Å². The van der Waals surface area contributed by atoms with E-state index < -0.39 is 5.60 Å². The molecule has 4 heteroatoms. The topological polar surface area (TPSA) is 52.7 Å². The Hall–Kier alpha value is -0.160. The minimum Gasteiger partial charge on any atom is -0.389 e. The minimum absolute atomic E-state index is 0.348. The van der Waals surface area contributed by atoms with Crippen LogP contribution in [0.3, 0.4) is 0 Å². The van der Waals surface area contributed by atoms with Gasteiger partial charge in [-0.15, -0.1) is 0 Å². The lowest BCUT2D eigenvalue weighted by Gasteiger charge is -2.36. The third-order valence-electron chi connectivity index (χ3n) is 3.69. The van der Waals surface area contributed by atoms with Gasteiger partial charge in [0.05, 0.1) is 5.60 Å². The van der Waals surface area contributed by atoms with Gasteiger partial charge in [0, 0.05) is 19.1 Å². The highest BCUT2D eigenvalue weighted by atomic mass is 16.3. The molecule has 0 bridgehead atoms. The van der Waals surface area contributed by atoms with Gasteiger partial charge < -0.3 is 20.6 Å². The van der Waals surface area contributed by atoms with Crippen LogP contribution in [0.15, 0.2) is 0 Å². The molecule has 0 radical (unpaired) electrons. The van der Waals surface area contributed by atoms with Crippen molar-refractivity contribution in [3.63, 3.8) is 0 Å². The van der Waals surface area contributed by atoms with Gasteiger partial charge in [-0.1, -0.05) is 0 Å². The fourth-order valence-corrected chi connectivity index (χ4v) is 2.16. The molecule has 16 heavy (non-hydrogen) atoms. The summed E-state index contributed by atoms with van der Waals surface area (Å²) in [5.74, 6) is 0. The summed E-state index contributed by atoms with van der Waals surface area (Å²) in [7, 11) is 4.30. The first-order chi connectivity index (χ1) is 7.44. The zero-order valence-corrected chi connectivity index (χ0v) is 10.9. The zero-order valence-electron chi connectivity index (χ0n) is 10.9. The van der Waals surface area contributed by atoms with Crippen LogP contribution in [0, 0.1) is 0 Å². The largest absolute Gasteiger partial charge is 0.389 e. The summed E-state index contributed by atoms with van der Waals surface area (Å²) in [5.41, 5.74) is 4.81. The summed E-state index contributed by atoms with van der Waals surface area (Å²) in [6.07, 6.45) is 3.24. The third kappa shape index (κ3) is 4.37. The van der Waals surface area contributed by atoms with E-state index in [2.05, 4.69) is 23.9 Å². The van der Waals surface area contributed by atoms with Crippen molar-refractivity contribution < 1.29 is 5.11 Å². The number of nitrogens with zero attached hydrogens (tertiary/aromatic N) is 2. The molecule has 1 atom stereocenters. The highest BCUT2D eigenvalue weighted by Crippen LogP contribution is 2.16. The fraction of sp³-hybridized carbons (Fsp3) is 1.00. The molecule has 4 nitrogen and oxygen atoms in total. The highest BCUT2D eigenvalue weighted by molar-refractivity contribution is 4.80. The summed E-state index contributed by atoms with van der Waals surface area (Å²) < 4.78 is 0. The minimum atomic E-state index is -0.696. The van der Waals surface area contributed by atoms with Gasteiger partial charge in [-0.25, -0.2) is 0 Å². The van der Waals surface area contributed by atoms with Gasteiger partial charge in [0.25, 0.3) is 0 Å².